The Morgan fingerprint density at radius 1 is 0.830 bits per heavy atom. The fourth-order valence-electron chi connectivity index (χ4n) is 6.52. The number of carbonyl (C=O) groups is 5. The molecule has 1 saturated heterocycles. The third-order valence-electron chi connectivity index (χ3n) is 9.89. The number of piperidine rings is 1. The quantitative estimate of drug-likeness (QED) is 0.0937. The molecule has 13 nitrogen and oxygen atoms in total. The van der Waals surface area contributed by atoms with Crippen molar-refractivity contribution in [3.05, 3.63) is 71.8 Å². The van der Waals surface area contributed by atoms with E-state index in [1.807, 2.05) is 74.5 Å². The van der Waals surface area contributed by atoms with E-state index in [1.54, 1.807) is 4.90 Å². The molecule has 1 heterocycles. The molecule has 2 aromatic rings. The molecule has 2 aromatic carbocycles. The molecule has 0 spiro atoms. The summed E-state index contributed by atoms with van der Waals surface area (Å²) in [5, 5.41) is 21.4. The lowest BCUT2D eigenvalue weighted by Gasteiger charge is -2.38. The van der Waals surface area contributed by atoms with Crippen molar-refractivity contribution < 1.29 is 29.1 Å². The molecule has 1 aliphatic rings. The van der Waals surface area contributed by atoms with E-state index < -0.39 is 41.4 Å². The number of likely N-dealkylation sites (tertiary alicyclic amines) is 1. The van der Waals surface area contributed by atoms with Gasteiger partial charge in [0, 0.05) is 31.5 Å². The Kier molecular flexibility index (Phi) is 16.9. The van der Waals surface area contributed by atoms with Crippen molar-refractivity contribution in [1.82, 2.24) is 26.2 Å². The van der Waals surface area contributed by atoms with Gasteiger partial charge in [-0.1, -0.05) is 101 Å². The summed E-state index contributed by atoms with van der Waals surface area (Å²) in [6, 6.07) is 16.5. The van der Waals surface area contributed by atoms with Gasteiger partial charge in [0.05, 0.1) is 6.54 Å². The third-order valence-corrected chi connectivity index (χ3v) is 9.89. The highest BCUT2D eigenvalue weighted by atomic mass is 16.4. The molecule has 0 saturated carbocycles. The first-order chi connectivity index (χ1) is 25.1. The molecule has 53 heavy (non-hydrogen) atoms. The number of aliphatic carboxylic acids is 1. The van der Waals surface area contributed by atoms with Crippen molar-refractivity contribution in [2.45, 2.75) is 108 Å². The largest absolute Gasteiger partial charge is 0.480 e. The molecule has 13 heteroatoms. The Balaban J connectivity index is 1.73. The van der Waals surface area contributed by atoms with E-state index in [9.17, 15) is 29.1 Å². The fraction of sp³-hybridized carbons (Fsp3) is 0.575. The number of benzene rings is 2. The Morgan fingerprint density at radius 2 is 1.42 bits per heavy atom. The summed E-state index contributed by atoms with van der Waals surface area (Å²) >= 11 is 0. The monoisotopic (exact) mass is 735 g/mol. The summed E-state index contributed by atoms with van der Waals surface area (Å²) in [7, 11) is 0. The van der Waals surface area contributed by atoms with Crippen LogP contribution in [0.15, 0.2) is 60.7 Å². The lowest BCUT2D eigenvalue weighted by atomic mass is 9.84. The minimum absolute atomic E-state index is 0.00701. The van der Waals surface area contributed by atoms with Gasteiger partial charge in [-0.2, -0.15) is 0 Å². The lowest BCUT2D eigenvalue weighted by molar-refractivity contribution is -0.148. The highest BCUT2D eigenvalue weighted by Gasteiger charge is 2.40. The number of unbranched alkanes of at least 4 members (excludes halogenated alkanes) is 2. The van der Waals surface area contributed by atoms with Gasteiger partial charge in [0.1, 0.15) is 23.7 Å². The van der Waals surface area contributed by atoms with Crippen LogP contribution < -0.4 is 32.7 Å². The van der Waals surface area contributed by atoms with Crippen LogP contribution >= 0.6 is 0 Å². The smallest absolute Gasteiger partial charge is 0.323 e. The predicted molar refractivity (Wildman–Crippen MR) is 206 cm³/mol. The molecule has 4 amide bonds. The highest BCUT2D eigenvalue weighted by molar-refractivity contribution is 5.94. The van der Waals surface area contributed by atoms with Crippen LogP contribution in [-0.4, -0.2) is 96.0 Å². The lowest BCUT2D eigenvalue weighted by Crippen LogP contribution is -2.60. The zero-order chi connectivity index (χ0) is 39.0. The number of rotatable bonds is 21. The zero-order valence-electron chi connectivity index (χ0n) is 31.9. The average molecular weight is 736 g/mol. The number of carboxylic acid groups (broad SMARTS) is 1. The van der Waals surface area contributed by atoms with Crippen LogP contribution in [-0.2, 0) is 35.8 Å². The van der Waals surface area contributed by atoms with Gasteiger partial charge in [0.15, 0.2) is 0 Å². The molecular formula is C40H61N7O6. The van der Waals surface area contributed by atoms with Crippen molar-refractivity contribution in [3.63, 3.8) is 0 Å². The maximum Gasteiger partial charge on any atom is 0.323 e. The van der Waals surface area contributed by atoms with Crippen LogP contribution in [0.1, 0.15) is 83.8 Å². The van der Waals surface area contributed by atoms with E-state index in [1.165, 1.54) is 0 Å². The number of hydrogen-bond acceptors (Lipinski definition) is 8. The summed E-state index contributed by atoms with van der Waals surface area (Å²) < 4.78 is 0. The zero-order valence-corrected chi connectivity index (χ0v) is 31.9. The van der Waals surface area contributed by atoms with E-state index in [0.29, 0.717) is 32.4 Å². The Hall–Kier alpha value is -4.33. The maximum atomic E-state index is 14.0. The van der Waals surface area contributed by atoms with Crippen molar-refractivity contribution >= 4 is 29.6 Å². The van der Waals surface area contributed by atoms with Crippen LogP contribution in [0.4, 0.5) is 0 Å². The van der Waals surface area contributed by atoms with Gasteiger partial charge in [-0.3, -0.25) is 24.0 Å². The minimum atomic E-state index is -1.40. The molecule has 1 aliphatic heterocycles. The summed E-state index contributed by atoms with van der Waals surface area (Å²) in [6.07, 6.45) is 3.25. The first-order valence-electron chi connectivity index (χ1n) is 18.9. The molecule has 0 aliphatic carbocycles. The molecule has 3 atom stereocenters. The Morgan fingerprint density at radius 3 is 2.00 bits per heavy atom. The number of amides is 4. The van der Waals surface area contributed by atoms with Crippen molar-refractivity contribution in [3.8, 4) is 0 Å². The second-order valence-electron chi connectivity index (χ2n) is 15.3. The number of nitrogens with zero attached hydrogens (tertiary/aromatic N) is 1. The van der Waals surface area contributed by atoms with Gasteiger partial charge < -0.3 is 42.7 Å². The Bertz CT molecular complexity index is 1480. The summed E-state index contributed by atoms with van der Waals surface area (Å²) in [5.74, 6) is -2.78. The van der Waals surface area contributed by atoms with Gasteiger partial charge in [-0.05, 0) is 55.7 Å². The van der Waals surface area contributed by atoms with Gasteiger partial charge in [0.2, 0.25) is 23.6 Å². The molecule has 0 unspecified atom stereocenters. The molecule has 9 N–H and O–H groups in total. The number of nitrogens with two attached hydrogens (primary N) is 2. The second kappa shape index (κ2) is 20.8. The molecular weight excluding hydrogens is 674 g/mol. The van der Waals surface area contributed by atoms with Crippen molar-refractivity contribution in [1.29, 1.82) is 0 Å². The van der Waals surface area contributed by atoms with Crippen molar-refractivity contribution in [2.75, 3.05) is 32.7 Å². The molecule has 0 aromatic heterocycles. The van der Waals surface area contributed by atoms with Crippen LogP contribution in [0.25, 0.3) is 0 Å². The summed E-state index contributed by atoms with van der Waals surface area (Å²) in [6.45, 7) is 9.40. The normalized spacial score (nSPS) is 15.9. The molecule has 1 fully saturated rings. The number of hydrogen-bond donors (Lipinski definition) is 7. The number of carbonyl (C=O) groups excluding carboxylic acids is 4. The van der Waals surface area contributed by atoms with E-state index in [-0.39, 0.29) is 62.0 Å². The first-order valence-corrected chi connectivity index (χ1v) is 18.9. The number of carboxylic acids is 1. The predicted octanol–water partition coefficient (Wildman–Crippen LogP) is 2.22. The van der Waals surface area contributed by atoms with Gasteiger partial charge in [0.25, 0.3) is 0 Å². The number of nitrogens with one attached hydrogen (secondary N) is 4. The van der Waals surface area contributed by atoms with Gasteiger partial charge >= 0.3 is 5.97 Å². The molecule has 3 rings (SSSR count). The minimum Gasteiger partial charge on any atom is -0.480 e. The topological polar surface area (TPSA) is 209 Å². The third kappa shape index (κ3) is 13.9. The molecule has 0 bridgehead atoms. The maximum absolute atomic E-state index is 14.0. The van der Waals surface area contributed by atoms with Crippen molar-refractivity contribution in [2.24, 2.45) is 17.4 Å². The molecule has 0 radical (unpaired) electrons. The van der Waals surface area contributed by atoms with E-state index in [4.69, 9.17) is 11.5 Å². The fourth-order valence-corrected chi connectivity index (χ4v) is 6.52. The summed E-state index contributed by atoms with van der Waals surface area (Å²) in [4.78, 5) is 68.1. The van der Waals surface area contributed by atoms with E-state index in [0.717, 1.165) is 24.0 Å². The van der Waals surface area contributed by atoms with Crippen LogP contribution in [0.2, 0.25) is 0 Å². The molecule has 292 valence electrons. The second-order valence-corrected chi connectivity index (χ2v) is 15.3. The standard InChI is InChI=1S/C40H61N7O6/c1-28(2)24-32(35(49)45-31(18-12-7-13-21-41)37(51)47-22-19-40(42,20-23-47)38(52)53)46-36(50)33(25-29-14-8-5-9-15-29)44-34(48)26-43-27-39(3,4)30-16-10-6-11-17-30/h5-6,8-11,14-17,28,31-33,43H,7,12-13,18-27,41-42H2,1-4H3,(H,44,48)(H,45,49)(H,46,50)(H,52,53)/t31-,32-,33-/m1/s1. The van der Waals surface area contributed by atoms with E-state index in [2.05, 4.69) is 35.1 Å². The Labute approximate surface area is 314 Å². The van der Waals surface area contributed by atoms with Gasteiger partial charge in [-0.15, -0.1) is 0 Å². The van der Waals surface area contributed by atoms with Gasteiger partial charge in [-0.25, -0.2) is 0 Å². The first kappa shape index (κ1) is 43.1. The van der Waals surface area contributed by atoms with Crippen LogP contribution in [0.3, 0.4) is 0 Å². The average Bonchev–Trinajstić information content (AvgIpc) is 3.12. The van der Waals surface area contributed by atoms with Crippen LogP contribution in [0, 0.1) is 5.92 Å². The van der Waals surface area contributed by atoms with E-state index >= 15 is 0 Å². The van der Waals surface area contributed by atoms with Crippen LogP contribution in [0.5, 0.6) is 0 Å². The summed E-state index contributed by atoms with van der Waals surface area (Å²) in [5.41, 5.74) is 12.1. The highest BCUT2D eigenvalue weighted by Crippen LogP contribution is 2.23. The SMILES string of the molecule is CC(C)C[C@@H](NC(=O)[C@@H](Cc1ccccc1)NC(=O)CNCC(C)(C)c1ccccc1)C(=O)N[C@H](CCCCCN)C(=O)N1CCC(N)(C(=O)O)CC1.